The lowest BCUT2D eigenvalue weighted by Gasteiger charge is -2.36. The summed E-state index contributed by atoms with van der Waals surface area (Å²) in [6.45, 7) is 11.1. The Morgan fingerprint density at radius 2 is 1.97 bits per heavy atom. The second-order valence-corrected chi connectivity index (χ2v) is 9.59. The first-order chi connectivity index (χ1) is 13.9. The minimum atomic E-state index is -1.16. The molecule has 2 fully saturated rings. The lowest BCUT2D eigenvalue weighted by Crippen LogP contribution is -2.59. The van der Waals surface area contributed by atoms with E-state index in [4.69, 9.17) is 9.26 Å². The summed E-state index contributed by atoms with van der Waals surface area (Å²) >= 11 is 0. The van der Waals surface area contributed by atoms with E-state index >= 15 is 0 Å². The van der Waals surface area contributed by atoms with Gasteiger partial charge in [0.1, 0.15) is 17.4 Å². The Bertz CT molecular complexity index is 930. The van der Waals surface area contributed by atoms with Gasteiger partial charge in [0.2, 0.25) is 17.7 Å². The first-order valence-corrected chi connectivity index (χ1v) is 10.2. The number of aromatic nitrogens is 1. The summed E-state index contributed by atoms with van der Waals surface area (Å²) in [6, 6.07) is 0.530. The van der Waals surface area contributed by atoms with Crippen molar-refractivity contribution in [2.24, 2.45) is 11.8 Å². The lowest BCUT2D eigenvalue weighted by atomic mass is 9.74. The topological polar surface area (TPSA) is 114 Å². The zero-order chi connectivity index (χ0) is 22.0. The average molecular weight is 416 g/mol. The molecule has 1 aromatic rings. The standard InChI is InChI=1S/C21H28N4O5/c1-10(2)25-16(18(27)23-20(4,5)6)21-8-7-12(29-21)14(15(21)19(25)28)17(26)22-13-9-11(3)30-24-13/h7-10,12,14-16H,1-6H3,(H,23,27)(H,22,24,26). The smallest absolute Gasteiger partial charge is 0.246 e. The quantitative estimate of drug-likeness (QED) is 0.717. The number of carbonyl (C=O) groups is 3. The van der Waals surface area contributed by atoms with Crippen molar-refractivity contribution in [3.05, 3.63) is 24.0 Å². The van der Waals surface area contributed by atoms with E-state index in [9.17, 15) is 14.4 Å². The number of anilines is 1. The maximum Gasteiger partial charge on any atom is 0.246 e. The fourth-order valence-electron chi connectivity index (χ4n) is 4.83. The Morgan fingerprint density at radius 3 is 2.53 bits per heavy atom. The van der Waals surface area contributed by atoms with Crippen molar-refractivity contribution in [2.75, 3.05) is 5.32 Å². The van der Waals surface area contributed by atoms with Gasteiger partial charge in [-0.3, -0.25) is 14.4 Å². The van der Waals surface area contributed by atoms with E-state index in [-0.39, 0.29) is 29.6 Å². The van der Waals surface area contributed by atoms with Crippen LogP contribution in [-0.2, 0) is 19.1 Å². The van der Waals surface area contributed by atoms with E-state index < -0.39 is 35.1 Å². The van der Waals surface area contributed by atoms with Gasteiger partial charge in [0.05, 0.1) is 17.9 Å². The maximum atomic E-state index is 13.5. The number of hydrogen-bond acceptors (Lipinski definition) is 6. The van der Waals surface area contributed by atoms with Gasteiger partial charge >= 0.3 is 0 Å². The van der Waals surface area contributed by atoms with Gasteiger partial charge in [-0.1, -0.05) is 17.3 Å². The summed E-state index contributed by atoms with van der Waals surface area (Å²) in [5.41, 5.74) is -1.64. The molecule has 0 saturated carbocycles. The zero-order valence-electron chi connectivity index (χ0n) is 18.1. The van der Waals surface area contributed by atoms with E-state index in [1.807, 2.05) is 34.6 Å². The van der Waals surface area contributed by atoms with Gasteiger partial charge in [0, 0.05) is 17.6 Å². The molecule has 4 rings (SSSR count). The number of fused-ring (bicyclic) bond motifs is 1. The first-order valence-electron chi connectivity index (χ1n) is 10.2. The molecule has 4 heterocycles. The lowest BCUT2D eigenvalue weighted by molar-refractivity contribution is -0.143. The van der Waals surface area contributed by atoms with E-state index in [0.29, 0.717) is 5.76 Å². The van der Waals surface area contributed by atoms with Crippen LogP contribution < -0.4 is 10.6 Å². The highest BCUT2D eigenvalue weighted by molar-refractivity contribution is 6.02. The largest absolute Gasteiger partial charge is 0.360 e. The zero-order valence-corrected chi connectivity index (χ0v) is 18.1. The number of nitrogens with one attached hydrogen (secondary N) is 2. The highest BCUT2D eigenvalue weighted by atomic mass is 16.5. The van der Waals surface area contributed by atoms with E-state index in [2.05, 4.69) is 15.8 Å². The predicted octanol–water partition coefficient (Wildman–Crippen LogP) is 1.40. The molecule has 3 aliphatic heterocycles. The van der Waals surface area contributed by atoms with Gasteiger partial charge in [-0.05, 0) is 41.5 Å². The van der Waals surface area contributed by atoms with Crippen molar-refractivity contribution in [1.29, 1.82) is 0 Å². The van der Waals surface area contributed by atoms with Gasteiger partial charge in [0.15, 0.2) is 5.82 Å². The van der Waals surface area contributed by atoms with Crippen LogP contribution in [0, 0.1) is 18.8 Å². The Labute approximate surface area is 175 Å². The van der Waals surface area contributed by atoms with Gasteiger partial charge in [-0.15, -0.1) is 0 Å². The predicted molar refractivity (Wildman–Crippen MR) is 107 cm³/mol. The summed E-state index contributed by atoms with van der Waals surface area (Å²) in [7, 11) is 0. The van der Waals surface area contributed by atoms with E-state index in [1.54, 1.807) is 30.0 Å². The molecular weight excluding hydrogens is 388 g/mol. The Morgan fingerprint density at radius 1 is 1.27 bits per heavy atom. The van der Waals surface area contributed by atoms with Crippen molar-refractivity contribution < 1.29 is 23.6 Å². The van der Waals surface area contributed by atoms with Crippen LogP contribution in [0.1, 0.15) is 40.4 Å². The molecule has 3 amide bonds. The molecule has 162 valence electrons. The molecule has 2 bridgehead atoms. The molecule has 0 aliphatic carbocycles. The first kappa shape index (κ1) is 20.6. The average Bonchev–Trinajstić information content (AvgIpc) is 3.33. The van der Waals surface area contributed by atoms with Crippen molar-refractivity contribution in [3.8, 4) is 0 Å². The third-order valence-corrected chi connectivity index (χ3v) is 5.80. The summed E-state index contributed by atoms with van der Waals surface area (Å²) < 4.78 is 11.2. The number of amides is 3. The Hall–Kier alpha value is -2.68. The highest BCUT2D eigenvalue weighted by Crippen LogP contribution is 2.55. The number of carbonyl (C=O) groups excluding carboxylic acids is 3. The summed E-state index contributed by atoms with van der Waals surface area (Å²) in [5.74, 6) is -1.60. The van der Waals surface area contributed by atoms with Crippen LogP contribution in [0.15, 0.2) is 22.7 Å². The molecule has 9 nitrogen and oxygen atoms in total. The number of hydrogen-bond donors (Lipinski definition) is 2. The van der Waals surface area contributed by atoms with Gasteiger partial charge in [0.25, 0.3) is 0 Å². The minimum absolute atomic E-state index is 0.230. The number of likely N-dealkylation sites (tertiary alicyclic amines) is 1. The number of ether oxygens (including phenoxy) is 1. The van der Waals surface area contributed by atoms with Gasteiger partial charge in [-0.25, -0.2) is 0 Å². The van der Waals surface area contributed by atoms with Crippen LogP contribution in [0.4, 0.5) is 5.82 Å². The number of aryl methyl sites for hydroxylation is 1. The molecule has 2 N–H and O–H groups in total. The third-order valence-electron chi connectivity index (χ3n) is 5.80. The monoisotopic (exact) mass is 416 g/mol. The SMILES string of the molecule is Cc1cc(NC(=O)C2C3C=CC4(O3)C2C(=O)N(C(C)C)C4C(=O)NC(C)(C)C)no1. The van der Waals surface area contributed by atoms with Crippen LogP contribution in [0.2, 0.25) is 0 Å². The van der Waals surface area contributed by atoms with Crippen LogP contribution in [0.5, 0.6) is 0 Å². The van der Waals surface area contributed by atoms with Crippen LogP contribution in [0.25, 0.3) is 0 Å². The molecular formula is C21H28N4O5. The van der Waals surface area contributed by atoms with Crippen LogP contribution in [0.3, 0.4) is 0 Å². The molecule has 1 aromatic heterocycles. The third kappa shape index (κ3) is 3.03. The van der Waals surface area contributed by atoms with Crippen molar-refractivity contribution in [1.82, 2.24) is 15.4 Å². The molecule has 5 atom stereocenters. The Kier molecular flexibility index (Phi) is 4.57. The van der Waals surface area contributed by atoms with E-state index in [1.165, 1.54) is 0 Å². The van der Waals surface area contributed by atoms with Crippen LogP contribution >= 0.6 is 0 Å². The van der Waals surface area contributed by atoms with Crippen molar-refractivity contribution >= 4 is 23.5 Å². The second kappa shape index (κ2) is 6.66. The van der Waals surface area contributed by atoms with E-state index in [0.717, 1.165) is 0 Å². The highest BCUT2D eigenvalue weighted by Gasteiger charge is 2.73. The molecule has 0 radical (unpaired) electrons. The maximum absolute atomic E-state index is 13.5. The fourth-order valence-corrected chi connectivity index (χ4v) is 4.83. The van der Waals surface area contributed by atoms with Gasteiger partial charge < -0.3 is 24.8 Å². The Balaban J connectivity index is 1.69. The van der Waals surface area contributed by atoms with Crippen molar-refractivity contribution in [2.45, 2.75) is 70.9 Å². The minimum Gasteiger partial charge on any atom is -0.360 e. The fraction of sp³-hybridized carbons (Fsp3) is 0.619. The normalized spacial score (nSPS) is 32.1. The number of nitrogens with zero attached hydrogens (tertiary/aromatic N) is 2. The molecule has 2 saturated heterocycles. The van der Waals surface area contributed by atoms with Crippen molar-refractivity contribution in [3.63, 3.8) is 0 Å². The second-order valence-electron chi connectivity index (χ2n) is 9.59. The molecule has 9 heteroatoms. The molecule has 5 unspecified atom stereocenters. The molecule has 0 aromatic carbocycles. The van der Waals surface area contributed by atoms with Gasteiger partial charge in [-0.2, -0.15) is 0 Å². The molecule has 3 aliphatic rings. The number of rotatable bonds is 4. The molecule has 30 heavy (non-hydrogen) atoms. The molecule has 1 spiro atoms. The summed E-state index contributed by atoms with van der Waals surface area (Å²) in [6.07, 6.45) is 2.99. The summed E-state index contributed by atoms with van der Waals surface area (Å²) in [5, 5.41) is 9.48. The summed E-state index contributed by atoms with van der Waals surface area (Å²) in [4.78, 5) is 41.4. The van der Waals surface area contributed by atoms with Crippen LogP contribution in [-0.4, -0.2) is 57.1 Å².